The molecule has 2 N–H and O–H groups in total. The minimum absolute atomic E-state index is 0.122. The lowest BCUT2D eigenvalue weighted by Gasteiger charge is -2.07. The van der Waals surface area contributed by atoms with Crippen LogP contribution in [0, 0.1) is 0 Å². The Morgan fingerprint density at radius 3 is 2.52 bits per heavy atom. The van der Waals surface area contributed by atoms with Gasteiger partial charge in [0.2, 0.25) is 15.8 Å². The zero-order valence-corrected chi connectivity index (χ0v) is 15.3. The summed E-state index contributed by atoms with van der Waals surface area (Å²) in [4.78, 5) is 11.1. The molecule has 0 amide bonds. The fourth-order valence-electron chi connectivity index (χ4n) is 2.38. The van der Waals surface area contributed by atoms with Crippen molar-refractivity contribution in [3.63, 3.8) is 0 Å². The Labute approximate surface area is 152 Å². The van der Waals surface area contributed by atoms with Crippen LogP contribution in [0.25, 0.3) is 11.0 Å². The first-order valence-electron chi connectivity index (χ1n) is 7.36. The summed E-state index contributed by atoms with van der Waals surface area (Å²) in [6.07, 6.45) is 0.472. The number of furan rings is 1. The molecule has 0 atom stereocenters. The number of hydrogen-bond acceptors (Lipinski definition) is 4. The molecule has 2 aromatic carbocycles. The van der Waals surface area contributed by atoms with Gasteiger partial charge in [0, 0.05) is 16.4 Å². The molecule has 1 aromatic heterocycles. The predicted octanol–water partition coefficient (Wildman–Crippen LogP) is 3.41. The Morgan fingerprint density at radius 1 is 1.12 bits per heavy atom. The van der Waals surface area contributed by atoms with Crippen molar-refractivity contribution < 1.29 is 22.7 Å². The second kappa shape index (κ2) is 6.99. The van der Waals surface area contributed by atoms with Gasteiger partial charge in [-0.05, 0) is 54.4 Å². The van der Waals surface area contributed by atoms with E-state index >= 15 is 0 Å². The Hall–Kier alpha value is -2.16. The van der Waals surface area contributed by atoms with Crippen molar-refractivity contribution in [2.24, 2.45) is 0 Å². The molecule has 0 saturated carbocycles. The lowest BCUT2D eigenvalue weighted by molar-refractivity contribution is 0.0665. The van der Waals surface area contributed by atoms with Crippen molar-refractivity contribution in [3.05, 3.63) is 64.3 Å². The Bertz CT molecular complexity index is 1020. The third-order valence-electron chi connectivity index (χ3n) is 3.62. The van der Waals surface area contributed by atoms with Gasteiger partial charge in [-0.1, -0.05) is 22.0 Å². The highest BCUT2D eigenvalue weighted by atomic mass is 79.9. The molecular formula is C17H14BrNO5S. The van der Waals surface area contributed by atoms with E-state index in [2.05, 4.69) is 20.7 Å². The summed E-state index contributed by atoms with van der Waals surface area (Å²) < 4.78 is 33.0. The summed E-state index contributed by atoms with van der Waals surface area (Å²) in [5, 5.41) is 9.61. The lowest BCUT2D eigenvalue weighted by atomic mass is 10.1. The van der Waals surface area contributed by atoms with Crippen LogP contribution >= 0.6 is 15.9 Å². The second-order valence-corrected chi connectivity index (χ2v) is 8.07. The first-order valence-corrected chi connectivity index (χ1v) is 9.64. The average Bonchev–Trinajstić information content (AvgIpc) is 2.99. The van der Waals surface area contributed by atoms with E-state index in [9.17, 15) is 13.2 Å². The van der Waals surface area contributed by atoms with Crippen LogP contribution < -0.4 is 4.72 Å². The SMILES string of the molecule is O=C(O)c1cc2cc(CCNS(=O)(=O)c3ccc(Br)cc3)ccc2o1. The van der Waals surface area contributed by atoms with Gasteiger partial charge in [0.15, 0.2) is 0 Å². The number of benzene rings is 2. The predicted molar refractivity (Wildman–Crippen MR) is 96.2 cm³/mol. The Kier molecular flexibility index (Phi) is 4.94. The normalized spacial score (nSPS) is 11.7. The van der Waals surface area contributed by atoms with Crippen molar-refractivity contribution >= 4 is 42.9 Å². The summed E-state index contributed by atoms with van der Waals surface area (Å²) >= 11 is 3.27. The van der Waals surface area contributed by atoms with Gasteiger partial charge < -0.3 is 9.52 Å². The van der Waals surface area contributed by atoms with Crippen LogP contribution in [0.4, 0.5) is 0 Å². The number of rotatable bonds is 6. The molecule has 0 bridgehead atoms. The highest BCUT2D eigenvalue weighted by molar-refractivity contribution is 9.10. The number of carbonyl (C=O) groups is 1. The number of carboxylic acids is 1. The molecule has 0 radical (unpaired) electrons. The van der Waals surface area contributed by atoms with Gasteiger partial charge in [0.25, 0.3) is 0 Å². The zero-order chi connectivity index (χ0) is 18.0. The monoisotopic (exact) mass is 423 g/mol. The smallest absolute Gasteiger partial charge is 0.371 e. The molecule has 0 saturated heterocycles. The van der Waals surface area contributed by atoms with Gasteiger partial charge in [-0.2, -0.15) is 0 Å². The number of halogens is 1. The maximum atomic E-state index is 12.2. The number of sulfonamides is 1. The summed E-state index contributed by atoms with van der Waals surface area (Å²) in [5.74, 6) is -1.25. The largest absolute Gasteiger partial charge is 0.475 e. The van der Waals surface area contributed by atoms with E-state index in [1.165, 1.54) is 18.2 Å². The minimum Gasteiger partial charge on any atom is -0.475 e. The Morgan fingerprint density at radius 2 is 1.84 bits per heavy atom. The first-order chi connectivity index (χ1) is 11.8. The van der Waals surface area contributed by atoms with Crippen LogP contribution in [0.1, 0.15) is 16.1 Å². The molecular weight excluding hydrogens is 410 g/mol. The van der Waals surface area contributed by atoms with Gasteiger partial charge in [-0.15, -0.1) is 0 Å². The van der Waals surface area contributed by atoms with E-state index < -0.39 is 16.0 Å². The van der Waals surface area contributed by atoms with Gasteiger partial charge in [-0.25, -0.2) is 17.9 Å². The first kappa shape index (κ1) is 17.7. The summed E-state index contributed by atoms with van der Waals surface area (Å²) in [6, 6.07) is 13.1. The molecule has 3 rings (SSSR count). The molecule has 6 nitrogen and oxygen atoms in total. The van der Waals surface area contributed by atoms with Crippen molar-refractivity contribution in [2.75, 3.05) is 6.54 Å². The van der Waals surface area contributed by atoms with Crippen LogP contribution in [0.2, 0.25) is 0 Å². The summed E-state index contributed by atoms with van der Waals surface area (Å²) in [7, 11) is -3.56. The van der Waals surface area contributed by atoms with Crippen molar-refractivity contribution in [2.45, 2.75) is 11.3 Å². The standard InChI is InChI=1S/C17H14BrNO5S/c18-13-2-4-14(5-3-13)25(22,23)19-8-7-11-1-6-15-12(9-11)10-16(24-15)17(20)21/h1-6,9-10,19H,7-8H2,(H,20,21). The zero-order valence-electron chi connectivity index (χ0n) is 12.9. The second-order valence-electron chi connectivity index (χ2n) is 5.39. The molecule has 0 unspecified atom stereocenters. The fourth-order valence-corrected chi connectivity index (χ4v) is 3.68. The highest BCUT2D eigenvalue weighted by Gasteiger charge is 2.14. The molecule has 0 aliphatic carbocycles. The van der Waals surface area contributed by atoms with E-state index in [4.69, 9.17) is 9.52 Å². The van der Waals surface area contributed by atoms with E-state index in [1.54, 1.807) is 30.3 Å². The van der Waals surface area contributed by atoms with Crippen molar-refractivity contribution in [3.8, 4) is 0 Å². The highest BCUT2D eigenvalue weighted by Crippen LogP contribution is 2.21. The maximum absolute atomic E-state index is 12.2. The molecule has 0 aliphatic heterocycles. The fraction of sp³-hybridized carbons (Fsp3) is 0.118. The molecule has 1 heterocycles. The van der Waals surface area contributed by atoms with Gasteiger partial charge in [-0.3, -0.25) is 0 Å². The number of fused-ring (bicyclic) bond motifs is 1. The van der Waals surface area contributed by atoms with Gasteiger partial charge in [0.1, 0.15) is 5.58 Å². The van der Waals surface area contributed by atoms with E-state index in [1.807, 2.05) is 0 Å². The number of aromatic carboxylic acids is 1. The molecule has 0 fully saturated rings. The van der Waals surface area contributed by atoms with Crippen LogP contribution in [0.5, 0.6) is 0 Å². The van der Waals surface area contributed by atoms with Gasteiger partial charge >= 0.3 is 5.97 Å². The molecule has 25 heavy (non-hydrogen) atoms. The molecule has 8 heteroatoms. The Balaban J connectivity index is 1.68. The average molecular weight is 424 g/mol. The van der Waals surface area contributed by atoms with Crippen molar-refractivity contribution in [1.29, 1.82) is 0 Å². The van der Waals surface area contributed by atoms with Crippen LogP contribution in [-0.4, -0.2) is 26.0 Å². The third-order valence-corrected chi connectivity index (χ3v) is 5.63. The van der Waals surface area contributed by atoms with Crippen LogP contribution in [-0.2, 0) is 16.4 Å². The number of carboxylic acid groups (broad SMARTS) is 1. The quantitative estimate of drug-likeness (QED) is 0.632. The topological polar surface area (TPSA) is 96.6 Å². The maximum Gasteiger partial charge on any atom is 0.371 e. The molecule has 0 aliphatic rings. The van der Waals surface area contributed by atoms with E-state index in [0.717, 1.165) is 10.0 Å². The van der Waals surface area contributed by atoms with E-state index in [-0.39, 0.29) is 17.2 Å². The van der Waals surface area contributed by atoms with Crippen LogP contribution in [0.15, 0.2) is 62.3 Å². The number of nitrogens with one attached hydrogen (secondary N) is 1. The summed E-state index contributed by atoms with van der Waals surface area (Å²) in [5.41, 5.74) is 1.36. The van der Waals surface area contributed by atoms with Gasteiger partial charge in [0.05, 0.1) is 4.90 Å². The molecule has 130 valence electrons. The number of hydrogen-bond donors (Lipinski definition) is 2. The molecule has 0 spiro atoms. The molecule has 3 aromatic rings. The summed E-state index contributed by atoms with van der Waals surface area (Å²) in [6.45, 7) is 0.230. The minimum atomic E-state index is -3.56. The third kappa shape index (κ3) is 4.09. The lowest BCUT2D eigenvalue weighted by Crippen LogP contribution is -2.25. The van der Waals surface area contributed by atoms with E-state index in [0.29, 0.717) is 17.4 Å². The van der Waals surface area contributed by atoms with Crippen molar-refractivity contribution in [1.82, 2.24) is 4.72 Å². The van der Waals surface area contributed by atoms with Crippen LogP contribution in [0.3, 0.4) is 0 Å².